The van der Waals surface area contributed by atoms with Gasteiger partial charge in [-0.25, -0.2) is 13.4 Å². The summed E-state index contributed by atoms with van der Waals surface area (Å²) in [6.45, 7) is 1.91. The predicted octanol–water partition coefficient (Wildman–Crippen LogP) is 4.66. The van der Waals surface area contributed by atoms with Gasteiger partial charge in [0.2, 0.25) is 9.84 Å². The summed E-state index contributed by atoms with van der Waals surface area (Å²) >= 11 is 3.44. The molecule has 1 heterocycles. The van der Waals surface area contributed by atoms with E-state index in [4.69, 9.17) is 0 Å². The third kappa shape index (κ3) is 3.27. The summed E-state index contributed by atoms with van der Waals surface area (Å²) in [5, 5.41) is 2.83. The third-order valence-electron chi connectivity index (χ3n) is 4.45. The molecule has 140 valence electrons. The molecule has 1 aliphatic heterocycles. The number of carbonyl (C=O) groups is 1. The predicted molar refractivity (Wildman–Crippen MR) is 112 cm³/mol. The van der Waals surface area contributed by atoms with Crippen LogP contribution in [0.1, 0.15) is 11.1 Å². The maximum Gasteiger partial charge on any atom is 0.275 e. The molecule has 0 spiro atoms. The van der Waals surface area contributed by atoms with E-state index < -0.39 is 9.84 Å². The molecule has 1 N–H and O–H groups in total. The normalized spacial score (nSPS) is 14.8. The summed E-state index contributed by atoms with van der Waals surface area (Å²) in [5.74, 6) is -0.280. The van der Waals surface area contributed by atoms with Gasteiger partial charge in [-0.3, -0.25) is 4.79 Å². The minimum Gasteiger partial charge on any atom is -0.320 e. The van der Waals surface area contributed by atoms with Gasteiger partial charge in [0.1, 0.15) is 5.71 Å². The second-order valence-corrected chi connectivity index (χ2v) is 9.24. The van der Waals surface area contributed by atoms with E-state index in [-0.39, 0.29) is 15.7 Å². The fraction of sp³-hybridized carbons (Fsp3) is 0.0476. The lowest BCUT2D eigenvalue weighted by Gasteiger charge is -2.05. The molecular formula is C21H15BrN2O3S. The van der Waals surface area contributed by atoms with Crippen molar-refractivity contribution in [2.75, 3.05) is 5.32 Å². The number of carbonyl (C=O) groups excluding carboxylic acids is 1. The average molecular weight is 455 g/mol. The molecule has 0 unspecified atom stereocenters. The minimum atomic E-state index is -3.59. The van der Waals surface area contributed by atoms with Gasteiger partial charge in [-0.05, 0) is 61.0 Å². The fourth-order valence-corrected chi connectivity index (χ4v) is 4.92. The van der Waals surface area contributed by atoms with Gasteiger partial charge in [0.15, 0.2) is 0 Å². The van der Waals surface area contributed by atoms with Gasteiger partial charge in [0.25, 0.3) is 5.91 Å². The highest BCUT2D eigenvalue weighted by Crippen LogP contribution is 2.32. The number of anilines is 1. The first kappa shape index (κ1) is 18.6. The van der Waals surface area contributed by atoms with E-state index in [1.807, 2.05) is 19.1 Å². The van der Waals surface area contributed by atoms with Crippen molar-refractivity contribution < 1.29 is 13.2 Å². The molecule has 7 heteroatoms. The zero-order valence-corrected chi connectivity index (χ0v) is 17.2. The van der Waals surface area contributed by atoms with E-state index in [9.17, 15) is 13.2 Å². The number of nitrogens with zero attached hydrogens (tertiary/aromatic N) is 1. The number of hydrogen-bond acceptors (Lipinski definition) is 4. The number of amides is 1. The van der Waals surface area contributed by atoms with Crippen molar-refractivity contribution in [3.05, 3.63) is 82.3 Å². The third-order valence-corrected chi connectivity index (χ3v) is 6.69. The number of aryl methyl sites for hydroxylation is 1. The van der Waals surface area contributed by atoms with Crippen LogP contribution in [0, 0.1) is 6.92 Å². The summed E-state index contributed by atoms with van der Waals surface area (Å²) < 4.78 is 26.2. The lowest BCUT2D eigenvalue weighted by molar-refractivity contribution is -0.110. The Balaban J connectivity index is 1.71. The van der Waals surface area contributed by atoms with E-state index in [0.717, 1.165) is 21.3 Å². The van der Waals surface area contributed by atoms with E-state index in [2.05, 4.69) is 26.2 Å². The van der Waals surface area contributed by atoms with Gasteiger partial charge in [-0.2, -0.15) is 0 Å². The number of nitrogens with one attached hydrogen (secondary N) is 1. The van der Waals surface area contributed by atoms with Crippen LogP contribution in [0.15, 0.2) is 86.0 Å². The van der Waals surface area contributed by atoms with E-state index in [1.165, 1.54) is 12.1 Å². The zero-order valence-electron chi connectivity index (χ0n) is 14.8. The average Bonchev–Trinajstić information content (AvgIpc) is 2.99. The van der Waals surface area contributed by atoms with Crippen LogP contribution in [0.4, 0.5) is 11.4 Å². The smallest absolute Gasteiger partial charge is 0.275 e. The summed E-state index contributed by atoms with van der Waals surface area (Å²) in [5.41, 5.74) is 3.21. The largest absolute Gasteiger partial charge is 0.320 e. The Hall–Kier alpha value is -2.77. The van der Waals surface area contributed by atoms with Crippen molar-refractivity contribution in [2.45, 2.75) is 16.7 Å². The molecule has 0 radical (unpaired) electrons. The Bertz CT molecular complexity index is 1220. The Kier molecular flexibility index (Phi) is 4.64. The van der Waals surface area contributed by atoms with E-state index in [1.54, 1.807) is 42.5 Å². The summed E-state index contributed by atoms with van der Waals surface area (Å²) in [4.78, 5) is 17.2. The van der Waals surface area contributed by atoms with Crippen LogP contribution in [0.3, 0.4) is 0 Å². The van der Waals surface area contributed by atoms with Crippen LogP contribution in [0.2, 0.25) is 0 Å². The Morgan fingerprint density at radius 2 is 1.57 bits per heavy atom. The first-order valence-corrected chi connectivity index (χ1v) is 10.7. The number of fused-ring (bicyclic) bond motifs is 1. The molecule has 0 aromatic heterocycles. The Morgan fingerprint density at radius 3 is 2.25 bits per heavy atom. The van der Waals surface area contributed by atoms with E-state index in [0.29, 0.717) is 11.4 Å². The molecule has 0 saturated heterocycles. The molecule has 1 aliphatic rings. The van der Waals surface area contributed by atoms with Crippen LogP contribution in [0.25, 0.3) is 0 Å². The van der Waals surface area contributed by atoms with Crippen LogP contribution in [-0.4, -0.2) is 20.0 Å². The molecule has 28 heavy (non-hydrogen) atoms. The van der Waals surface area contributed by atoms with Crippen molar-refractivity contribution in [3.8, 4) is 0 Å². The first-order chi connectivity index (χ1) is 13.4. The maximum absolute atomic E-state index is 12.7. The highest BCUT2D eigenvalue weighted by Gasteiger charge is 2.28. The number of benzene rings is 3. The summed E-state index contributed by atoms with van der Waals surface area (Å²) in [6.07, 6.45) is 0. The SMILES string of the molecule is Cc1cc(Br)cc2c1NC(=O)C2=Nc1ccc(S(=O)(=O)c2ccccc2)cc1. The molecule has 5 nitrogen and oxygen atoms in total. The fourth-order valence-electron chi connectivity index (χ4n) is 3.07. The molecule has 0 saturated carbocycles. The molecule has 3 aromatic rings. The van der Waals surface area contributed by atoms with Crippen LogP contribution >= 0.6 is 15.9 Å². The Morgan fingerprint density at radius 1 is 0.929 bits per heavy atom. The second kappa shape index (κ2) is 7.00. The standard InChI is InChI=1S/C21H15BrN2O3S/c1-13-11-14(22)12-18-19(13)24-21(25)20(18)23-15-7-9-17(10-8-15)28(26,27)16-5-3-2-4-6-16/h2-12H,1H3,(H,23,24,25). The van der Waals surface area contributed by atoms with Crippen LogP contribution in [0.5, 0.6) is 0 Å². The number of hydrogen-bond donors (Lipinski definition) is 1. The second-order valence-electron chi connectivity index (χ2n) is 6.37. The molecule has 0 aliphatic carbocycles. The van der Waals surface area contributed by atoms with Crippen molar-refractivity contribution in [2.24, 2.45) is 4.99 Å². The van der Waals surface area contributed by atoms with Gasteiger partial charge < -0.3 is 5.32 Å². The highest BCUT2D eigenvalue weighted by atomic mass is 79.9. The molecule has 0 atom stereocenters. The molecule has 0 bridgehead atoms. The maximum atomic E-state index is 12.7. The van der Waals surface area contributed by atoms with E-state index >= 15 is 0 Å². The van der Waals surface area contributed by atoms with Crippen molar-refractivity contribution in [3.63, 3.8) is 0 Å². The van der Waals surface area contributed by atoms with Gasteiger partial charge in [0.05, 0.1) is 21.2 Å². The first-order valence-electron chi connectivity index (χ1n) is 8.47. The van der Waals surface area contributed by atoms with Gasteiger partial charge >= 0.3 is 0 Å². The van der Waals surface area contributed by atoms with Crippen LogP contribution < -0.4 is 5.32 Å². The minimum absolute atomic E-state index is 0.178. The van der Waals surface area contributed by atoms with Gasteiger partial charge in [-0.1, -0.05) is 34.1 Å². The van der Waals surface area contributed by atoms with Crippen molar-refractivity contribution >= 4 is 48.8 Å². The van der Waals surface area contributed by atoms with Crippen LogP contribution in [-0.2, 0) is 14.6 Å². The number of aliphatic imine (C=N–C) groups is 1. The van der Waals surface area contributed by atoms with Crippen molar-refractivity contribution in [1.82, 2.24) is 0 Å². The quantitative estimate of drug-likeness (QED) is 0.624. The monoisotopic (exact) mass is 454 g/mol. The molecule has 1 amide bonds. The lowest BCUT2D eigenvalue weighted by atomic mass is 10.1. The molecule has 3 aromatic carbocycles. The number of halogens is 1. The number of sulfone groups is 1. The van der Waals surface area contributed by atoms with Gasteiger partial charge in [0, 0.05) is 10.0 Å². The molecule has 0 fully saturated rings. The van der Waals surface area contributed by atoms with Gasteiger partial charge in [-0.15, -0.1) is 0 Å². The number of rotatable bonds is 3. The molecule has 4 rings (SSSR count). The summed E-state index contributed by atoms with van der Waals surface area (Å²) in [7, 11) is -3.59. The summed E-state index contributed by atoms with van der Waals surface area (Å²) in [6, 6.07) is 18.2. The zero-order chi connectivity index (χ0) is 19.9. The molecular weight excluding hydrogens is 440 g/mol. The Labute approximate surface area is 171 Å². The topological polar surface area (TPSA) is 75.6 Å². The van der Waals surface area contributed by atoms with Crippen molar-refractivity contribution in [1.29, 1.82) is 0 Å². The highest BCUT2D eigenvalue weighted by molar-refractivity contribution is 9.10. The lowest BCUT2D eigenvalue weighted by Crippen LogP contribution is -2.14.